The number of ether oxygens (including phenoxy) is 2. The molecule has 0 amide bonds. The molecule has 2 rings (SSSR count). The minimum atomic E-state index is -0.431. The first-order valence-electron chi connectivity index (χ1n) is 5.82. The Morgan fingerprint density at radius 2 is 2.05 bits per heavy atom. The van der Waals surface area contributed by atoms with Gasteiger partial charge in [0.2, 0.25) is 0 Å². The quantitative estimate of drug-likeness (QED) is 0.915. The molecular formula is C14H16ClNO3. The predicted molar refractivity (Wildman–Crippen MR) is 73.5 cm³/mol. The van der Waals surface area contributed by atoms with Crippen LogP contribution in [0.4, 0.5) is 0 Å². The molecule has 0 radical (unpaired) electrons. The Balaban J connectivity index is 2.31. The highest BCUT2D eigenvalue weighted by atomic mass is 35.5. The van der Waals surface area contributed by atoms with Crippen molar-refractivity contribution in [2.75, 3.05) is 14.2 Å². The lowest BCUT2D eigenvalue weighted by atomic mass is 10.0. The van der Waals surface area contributed by atoms with Gasteiger partial charge in [-0.2, -0.15) is 0 Å². The van der Waals surface area contributed by atoms with Crippen LogP contribution >= 0.6 is 11.6 Å². The topological polar surface area (TPSA) is 57.6 Å². The molecule has 0 fully saturated rings. The molecule has 2 N–H and O–H groups in total. The number of nitrogens with two attached hydrogens (primary N) is 1. The highest BCUT2D eigenvalue weighted by molar-refractivity contribution is 6.30. The van der Waals surface area contributed by atoms with Crippen LogP contribution in [-0.4, -0.2) is 14.2 Å². The molecule has 19 heavy (non-hydrogen) atoms. The molecule has 1 heterocycles. The second-order valence-corrected chi connectivity index (χ2v) is 4.54. The van der Waals surface area contributed by atoms with Crippen molar-refractivity contribution in [1.29, 1.82) is 0 Å². The predicted octanol–water partition coefficient (Wildman–Crippen LogP) is 3.14. The summed E-state index contributed by atoms with van der Waals surface area (Å²) in [4.78, 5) is 0. The van der Waals surface area contributed by atoms with Crippen molar-refractivity contribution in [3.05, 3.63) is 52.4 Å². The number of furan rings is 1. The van der Waals surface area contributed by atoms with E-state index in [2.05, 4.69) is 0 Å². The van der Waals surface area contributed by atoms with Gasteiger partial charge in [-0.1, -0.05) is 11.6 Å². The largest absolute Gasteiger partial charge is 0.496 e. The monoisotopic (exact) mass is 281 g/mol. The van der Waals surface area contributed by atoms with E-state index in [-0.39, 0.29) is 0 Å². The van der Waals surface area contributed by atoms with E-state index in [0.717, 1.165) is 11.3 Å². The maximum atomic E-state index is 6.20. The molecular weight excluding hydrogens is 266 g/mol. The summed E-state index contributed by atoms with van der Waals surface area (Å²) in [6.45, 7) is 0.416. The number of methoxy groups -OCH3 is 2. The van der Waals surface area contributed by atoms with E-state index in [1.807, 2.05) is 12.1 Å². The van der Waals surface area contributed by atoms with E-state index in [4.69, 9.17) is 31.2 Å². The van der Waals surface area contributed by atoms with Gasteiger partial charge >= 0.3 is 0 Å². The summed E-state index contributed by atoms with van der Waals surface area (Å²) < 4.78 is 15.9. The Hall–Kier alpha value is -1.49. The van der Waals surface area contributed by atoms with Gasteiger partial charge in [0.1, 0.15) is 23.9 Å². The van der Waals surface area contributed by atoms with Crippen LogP contribution in [0.25, 0.3) is 0 Å². The Kier molecular flexibility index (Phi) is 4.47. The van der Waals surface area contributed by atoms with Crippen molar-refractivity contribution in [3.8, 4) is 5.75 Å². The summed E-state index contributed by atoms with van der Waals surface area (Å²) in [7, 11) is 3.21. The smallest absolute Gasteiger partial charge is 0.129 e. The minimum Gasteiger partial charge on any atom is -0.496 e. The van der Waals surface area contributed by atoms with Crippen LogP contribution in [0.1, 0.15) is 23.1 Å². The minimum absolute atomic E-state index is 0.416. The van der Waals surface area contributed by atoms with E-state index in [0.29, 0.717) is 23.1 Å². The van der Waals surface area contributed by atoms with E-state index < -0.39 is 6.04 Å². The van der Waals surface area contributed by atoms with Crippen LogP contribution in [0.5, 0.6) is 5.75 Å². The second kappa shape index (κ2) is 6.10. The summed E-state index contributed by atoms with van der Waals surface area (Å²) in [5, 5.41) is 0.606. The summed E-state index contributed by atoms with van der Waals surface area (Å²) in [6, 6.07) is 8.57. The first kappa shape index (κ1) is 13.9. The normalized spacial score (nSPS) is 12.4. The maximum absolute atomic E-state index is 6.20. The fraction of sp³-hybridized carbons (Fsp3) is 0.286. The molecule has 102 valence electrons. The Morgan fingerprint density at radius 3 is 2.74 bits per heavy atom. The van der Waals surface area contributed by atoms with Gasteiger partial charge in [0.05, 0.1) is 13.2 Å². The van der Waals surface area contributed by atoms with E-state index in [9.17, 15) is 0 Å². The van der Waals surface area contributed by atoms with Crippen molar-refractivity contribution in [2.45, 2.75) is 12.6 Å². The SMILES string of the molecule is COCc1ccc(C(N)c2cc(Cl)ccc2OC)o1. The standard InChI is InChI=1S/C14H16ClNO3/c1-17-8-10-4-6-13(19-10)14(16)11-7-9(15)3-5-12(11)18-2/h3-7,14H,8,16H2,1-2H3. The average Bonchev–Trinajstić information content (AvgIpc) is 2.87. The number of rotatable bonds is 5. The molecule has 0 bridgehead atoms. The van der Waals surface area contributed by atoms with Crippen molar-refractivity contribution in [1.82, 2.24) is 0 Å². The molecule has 5 heteroatoms. The first-order chi connectivity index (χ1) is 9.15. The maximum Gasteiger partial charge on any atom is 0.129 e. The van der Waals surface area contributed by atoms with Crippen molar-refractivity contribution in [3.63, 3.8) is 0 Å². The third kappa shape index (κ3) is 3.10. The summed E-state index contributed by atoms with van der Waals surface area (Å²) in [5.74, 6) is 2.06. The van der Waals surface area contributed by atoms with Crippen molar-refractivity contribution >= 4 is 11.6 Å². The lowest BCUT2D eigenvalue weighted by Crippen LogP contribution is -2.12. The number of halogens is 1. The molecule has 1 unspecified atom stereocenters. The average molecular weight is 282 g/mol. The molecule has 0 spiro atoms. The second-order valence-electron chi connectivity index (χ2n) is 4.10. The van der Waals surface area contributed by atoms with Gasteiger partial charge in [0, 0.05) is 17.7 Å². The van der Waals surface area contributed by atoms with Gasteiger partial charge in [0.15, 0.2) is 0 Å². The third-order valence-electron chi connectivity index (χ3n) is 2.80. The van der Waals surface area contributed by atoms with Crippen LogP contribution in [0.2, 0.25) is 5.02 Å². The molecule has 0 aliphatic carbocycles. The summed E-state index contributed by atoms with van der Waals surface area (Å²) in [5.41, 5.74) is 6.98. The van der Waals surface area contributed by atoms with Crippen molar-refractivity contribution in [2.24, 2.45) is 5.73 Å². The van der Waals surface area contributed by atoms with Gasteiger partial charge in [0.25, 0.3) is 0 Å². The van der Waals surface area contributed by atoms with Crippen LogP contribution < -0.4 is 10.5 Å². The van der Waals surface area contributed by atoms with E-state index in [1.54, 1.807) is 32.4 Å². The van der Waals surface area contributed by atoms with Crippen LogP contribution in [-0.2, 0) is 11.3 Å². The lowest BCUT2D eigenvalue weighted by Gasteiger charge is -2.14. The summed E-state index contributed by atoms with van der Waals surface area (Å²) >= 11 is 6.00. The van der Waals surface area contributed by atoms with Gasteiger partial charge in [-0.3, -0.25) is 0 Å². The van der Waals surface area contributed by atoms with Gasteiger partial charge in [-0.25, -0.2) is 0 Å². The van der Waals surface area contributed by atoms with Gasteiger partial charge in [-0.05, 0) is 30.3 Å². The Bertz CT molecular complexity index is 553. The molecule has 0 saturated carbocycles. The zero-order valence-electron chi connectivity index (χ0n) is 10.9. The third-order valence-corrected chi connectivity index (χ3v) is 3.04. The Labute approximate surface area is 117 Å². The fourth-order valence-electron chi connectivity index (χ4n) is 1.88. The van der Waals surface area contributed by atoms with Crippen LogP contribution in [0, 0.1) is 0 Å². The highest BCUT2D eigenvalue weighted by Gasteiger charge is 2.18. The lowest BCUT2D eigenvalue weighted by molar-refractivity contribution is 0.162. The van der Waals surface area contributed by atoms with E-state index in [1.165, 1.54) is 0 Å². The number of hydrogen-bond donors (Lipinski definition) is 1. The number of benzene rings is 1. The molecule has 1 aromatic carbocycles. The number of hydrogen-bond acceptors (Lipinski definition) is 4. The molecule has 0 aliphatic heterocycles. The van der Waals surface area contributed by atoms with Crippen molar-refractivity contribution < 1.29 is 13.9 Å². The van der Waals surface area contributed by atoms with Crippen LogP contribution in [0.3, 0.4) is 0 Å². The zero-order chi connectivity index (χ0) is 13.8. The fourth-order valence-corrected chi connectivity index (χ4v) is 2.06. The molecule has 0 aliphatic rings. The van der Waals surface area contributed by atoms with Gasteiger partial charge in [-0.15, -0.1) is 0 Å². The zero-order valence-corrected chi connectivity index (χ0v) is 11.6. The van der Waals surface area contributed by atoms with E-state index >= 15 is 0 Å². The van der Waals surface area contributed by atoms with Crippen LogP contribution in [0.15, 0.2) is 34.7 Å². The highest BCUT2D eigenvalue weighted by Crippen LogP contribution is 2.31. The molecule has 1 atom stereocenters. The molecule has 4 nitrogen and oxygen atoms in total. The Morgan fingerprint density at radius 1 is 1.26 bits per heavy atom. The van der Waals surface area contributed by atoms with Gasteiger partial charge < -0.3 is 19.6 Å². The molecule has 1 aromatic heterocycles. The molecule has 0 saturated heterocycles. The first-order valence-corrected chi connectivity index (χ1v) is 6.20. The summed E-state index contributed by atoms with van der Waals surface area (Å²) in [6.07, 6.45) is 0. The molecule has 2 aromatic rings.